The van der Waals surface area contributed by atoms with E-state index in [1.54, 1.807) is 24.0 Å². The number of hydrogen-bond donors (Lipinski definition) is 1. The van der Waals surface area contributed by atoms with Crippen molar-refractivity contribution in [2.24, 2.45) is 5.92 Å². The molecule has 3 rings (SSSR count). The van der Waals surface area contributed by atoms with Gasteiger partial charge in [-0.05, 0) is 42.9 Å². The number of aryl methyl sites for hydroxylation is 1. The van der Waals surface area contributed by atoms with E-state index in [1.165, 1.54) is 6.20 Å². The average molecular weight is 322 g/mol. The Labute approximate surface area is 133 Å². The number of carbonyl (C=O) groups is 1. The Balaban J connectivity index is 1.64. The number of likely N-dealkylation sites (tertiary alicyclic amines) is 1. The Morgan fingerprint density at radius 3 is 3.05 bits per heavy atom. The Bertz CT molecular complexity index is 700. The predicted molar refractivity (Wildman–Crippen MR) is 82.4 cm³/mol. The minimum Gasteiger partial charge on any atom is -0.337 e. The third-order valence-electron chi connectivity index (χ3n) is 4.14. The number of halogens is 2. The van der Waals surface area contributed by atoms with Gasteiger partial charge in [0, 0.05) is 13.1 Å². The molecule has 6 heteroatoms. The summed E-state index contributed by atoms with van der Waals surface area (Å²) in [6.45, 7) is 3.10. The predicted octanol–water partition coefficient (Wildman–Crippen LogP) is 3.22. The fourth-order valence-electron chi connectivity index (χ4n) is 2.86. The van der Waals surface area contributed by atoms with Crippen LogP contribution < -0.4 is 0 Å². The van der Waals surface area contributed by atoms with Gasteiger partial charge in [-0.25, -0.2) is 4.39 Å². The summed E-state index contributed by atoms with van der Waals surface area (Å²) in [5.74, 6) is 0.0421. The number of nitrogens with one attached hydrogen (secondary N) is 1. The van der Waals surface area contributed by atoms with Crippen LogP contribution in [0.15, 0.2) is 24.4 Å². The number of nitrogens with zero attached hydrogens (tertiary/aromatic N) is 2. The van der Waals surface area contributed by atoms with E-state index in [4.69, 9.17) is 11.6 Å². The van der Waals surface area contributed by atoms with Crippen LogP contribution >= 0.6 is 11.6 Å². The lowest BCUT2D eigenvalue weighted by atomic mass is 9.98. The van der Waals surface area contributed by atoms with Crippen molar-refractivity contribution in [2.45, 2.75) is 19.8 Å². The normalized spacial score (nSPS) is 18.0. The van der Waals surface area contributed by atoms with Crippen LogP contribution in [0.25, 0.3) is 0 Å². The summed E-state index contributed by atoms with van der Waals surface area (Å²) >= 11 is 5.93. The Morgan fingerprint density at radius 1 is 1.55 bits per heavy atom. The van der Waals surface area contributed by atoms with E-state index in [-0.39, 0.29) is 11.7 Å². The molecule has 1 aromatic carbocycles. The topological polar surface area (TPSA) is 49.0 Å². The standard InChI is InChI=1S/C16H17ClFN3O/c1-10-2-3-11(7-14(10)18)6-12-4-5-21(9-12)16(22)15-13(17)8-19-20-15/h2-3,7-8,12H,4-6,9H2,1H3,(H,19,20). The first-order chi connectivity index (χ1) is 10.5. The second-order valence-electron chi connectivity index (χ2n) is 5.79. The molecule has 1 atom stereocenters. The van der Waals surface area contributed by atoms with Crippen LogP contribution in [0.3, 0.4) is 0 Å². The van der Waals surface area contributed by atoms with E-state index in [1.807, 2.05) is 6.07 Å². The first kappa shape index (κ1) is 15.0. The molecule has 1 N–H and O–H groups in total. The number of H-pyrrole nitrogens is 1. The number of aromatic amines is 1. The lowest BCUT2D eigenvalue weighted by molar-refractivity contribution is 0.0781. The molecule has 1 aromatic heterocycles. The summed E-state index contributed by atoms with van der Waals surface area (Å²) < 4.78 is 13.6. The summed E-state index contributed by atoms with van der Waals surface area (Å²) in [5.41, 5.74) is 1.96. The van der Waals surface area contributed by atoms with Crippen molar-refractivity contribution in [1.29, 1.82) is 0 Å². The molecule has 1 saturated heterocycles. The summed E-state index contributed by atoms with van der Waals surface area (Å²) in [4.78, 5) is 14.1. The monoisotopic (exact) mass is 321 g/mol. The molecular formula is C16H17ClFN3O. The van der Waals surface area contributed by atoms with Crippen LogP contribution in [0.2, 0.25) is 5.02 Å². The smallest absolute Gasteiger partial charge is 0.273 e. The number of benzene rings is 1. The molecule has 0 spiro atoms. The van der Waals surface area contributed by atoms with Gasteiger partial charge in [0.25, 0.3) is 5.91 Å². The van der Waals surface area contributed by atoms with Crippen molar-refractivity contribution in [3.05, 3.63) is 52.1 Å². The molecule has 1 aliphatic heterocycles. The zero-order chi connectivity index (χ0) is 15.7. The lowest BCUT2D eigenvalue weighted by Gasteiger charge is -2.16. The molecule has 2 heterocycles. The molecule has 2 aromatic rings. The van der Waals surface area contributed by atoms with Gasteiger partial charge in [0.15, 0.2) is 0 Å². The van der Waals surface area contributed by atoms with E-state index >= 15 is 0 Å². The third kappa shape index (κ3) is 2.99. The SMILES string of the molecule is Cc1ccc(CC2CCN(C(=O)c3[nH]ncc3Cl)C2)cc1F. The highest BCUT2D eigenvalue weighted by Crippen LogP contribution is 2.24. The van der Waals surface area contributed by atoms with Crippen molar-refractivity contribution >= 4 is 17.5 Å². The maximum absolute atomic E-state index is 13.6. The maximum atomic E-state index is 13.6. The molecule has 0 radical (unpaired) electrons. The molecule has 1 unspecified atom stereocenters. The van der Waals surface area contributed by atoms with E-state index in [9.17, 15) is 9.18 Å². The number of amides is 1. The summed E-state index contributed by atoms with van der Waals surface area (Å²) in [5, 5.41) is 6.75. The molecule has 22 heavy (non-hydrogen) atoms. The molecule has 4 nitrogen and oxygen atoms in total. The largest absolute Gasteiger partial charge is 0.337 e. The fraction of sp³-hybridized carbons (Fsp3) is 0.375. The van der Waals surface area contributed by atoms with Gasteiger partial charge in [0.2, 0.25) is 0 Å². The molecule has 0 bridgehead atoms. The van der Waals surface area contributed by atoms with Gasteiger partial charge in [-0.15, -0.1) is 0 Å². The first-order valence-corrected chi connectivity index (χ1v) is 7.65. The fourth-order valence-corrected chi connectivity index (χ4v) is 3.03. The van der Waals surface area contributed by atoms with Gasteiger partial charge in [0.1, 0.15) is 11.5 Å². The lowest BCUT2D eigenvalue weighted by Crippen LogP contribution is -2.29. The van der Waals surface area contributed by atoms with Gasteiger partial charge < -0.3 is 4.90 Å². The van der Waals surface area contributed by atoms with E-state index in [0.717, 1.165) is 18.4 Å². The molecule has 1 aliphatic rings. The third-order valence-corrected chi connectivity index (χ3v) is 4.43. The van der Waals surface area contributed by atoms with E-state index < -0.39 is 0 Å². The zero-order valence-electron chi connectivity index (χ0n) is 12.3. The molecule has 0 aliphatic carbocycles. The van der Waals surface area contributed by atoms with Gasteiger partial charge in [-0.3, -0.25) is 9.89 Å². The zero-order valence-corrected chi connectivity index (χ0v) is 13.0. The van der Waals surface area contributed by atoms with Gasteiger partial charge in [-0.1, -0.05) is 23.7 Å². The van der Waals surface area contributed by atoms with Crippen molar-refractivity contribution in [2.75, 3.05) is 13.1 Å². The quantitative estimate of drug-likeness (QED) is 0.943. The Kier molecular flexibility index (Phi) is 4.16. The molecule has 116 valence electrons. The highest BCUT2D eigenvalue weighted by Gasteiger charge is 2.28. The average Bonchev–Trinajstić information content (AvgIpc) is 3.11. The van der Waals surface area contributed by atoms with Crippen LogP contribution in [-0.2, 0) is 6.42 Å². The van der Waals surface area contributed by atoms with Crippen molar-refractivity contribution < 1.29 is 9.18 Å². The van der Waals surface area contributed by atoms with Crippen LogP contribution in [0.1, 0.15) is 28.0 Å². The van der Waals surface area contributed by atoms with E-state index in [0.29, 0.717) is 35.3 Å². The second-order valence-corrected chi connectivity index (χ2v) is 6.19. The van der Waals surface area contributed by atoms with Crippen LogP contribution in [0, 0.1) is 18.7 Å². The number of rotatable bonds is 3. The minimum atomic E-state index is -0.173. The maximum Gasteiger partial charge on any atom is 0.273 e. The number of aromatic nitrogens is 2. The van der Waals surface area contributed by atoms with Crippen LogP contribution in [0.5, 0.6) is 0 Å². The molecule has 1 fully saturated rings. The first-order valence-electron chi connectivity index (χ1n) is 7.27. The highest BCUT2D eigenvalue weighted by atomic mass is 35.5. The summed E-state index contributed by atoms with van der Waals surface area (Å²) in [7, 11) is 0. The van der Waals surface area contributed by atoms with Crippen molar-refractivity contribution in [1.82, 2.24) is 15.1 Å². The van der Waals surface area contributed by atoms with E-state index in [2.05, 4.69) is 10.2 Å². The summed E-state index contributed by atoms with van der Waals surface area (Å²) in [6, 6.07) is 5.34. The molecule has 1 amide bonds. The van der Waals surface area contributed by atoms with Crippen LogP contribution in [-0.4, -0.2) is 34.1 Å². The second kappa shape index (κ2) is 6.08. The highest BCUT2D eigenvalue weighted by molar-refractivity contribution is 6.33. The number of carbonyl (C=O) groups excluding carboxylic acids is 1. The van der Waals surface area contributed by atoms with Gasteiger partial charge in [0.05, 0.1) is 11.2 Å². The molecule has 0 saturated carbocycles. The summed E-state index contributed by atoms with van der Waals surface area (Å²) in [6.07, 6.45) is 3.11. The minimum absolute atomic E-state index is 0.125. The number of hydrogen-bond acceptors (Lipinski definition) is 2. The Hall–Kier alpha value is -1.88. The van der Waals surface area contributed by atoms with Gasteiger partial charge in [-0.2, -0.15) is 5.10 Å². The Morgan fingerprint density at radius 2 is 2.36 bits per heavy atom. The molecular weight excluding hydrogens is 305 g/mol. The van der Waals surface area contributed by atoms with Crippen molar-refractivity contribution in [3.8, 4) is 0 Å². The van der Waals surface area contributed by atoms with Crippen molar-refractivity contribution in [3.63, 3.8) is 0 Å². The van der Waals surface area contributed by atoms with Crippen LogP contribution in [0.4, 0.5) is 4.39 Å². The van der Waals surface area contributed by atoms with Gasteiger partial charge >= 0.3 is 0 Å².